The van der Waals surface area contributed by atoms with E-state index in [1.54, 1.807) is 24.3 Å². The number of rotatable bonds is 1. The molecule has 0 aliphatic carbocycles. The molecule has 0 aliphatic rings. The first-order chi connectivity index (χ1) is 10.4. The van der Waals surface area contributed by atoms with Crippen molar-refractivity contribution in [3.05, 3.63) is 59.6 Å². The molecule has 3 rings (SSSR count). The van der Waals surface area contributed by atoms with Crippen molar-refractivity contribution in [2.45, 2.75) is 0 Å². The van der Waals surface area contributed by atoms with Crippen molar-refractivity contribution in [3.8, 4) is 11.3 Å². The van der Waals surface area contributed by atoms with Gasteiger partial charge in [0.25, 0.3) is 0 Å². The van der Waals surface area contributed by atoms with Crippen LogP contribution in [0.4, 0.5) is 0 Å². The fourth-order valence-electron chi connectivity index (χ4n) is 1.51. The Bertz CT molecular complexity index is 884. The molecule has 0 atom stereocenters. The van der Waals surface area contributed by atoms with Gasteiger partial charge in [0.2, 0.25) is 0 Å². The molecule has 0 spiro atoms. The summed E-state index contributed by atoms with van der Waals surface area (Å²) in [5, 5.41) is -0.00256. The standard InChI is InChI=1S/C14H9ClN2/c15-14-13(10-6-2-1-3-7-10)16-11-8-4-5-9-12(11)17-14/h1-9H/i1D,2D,3D,6D,7D. The molecule has 1 heterocycles. The van der Waals surface area contributed by atoms with Crippen LogP contribution in [-0.2, 0) is 0 Å². The summed E-state index contributed by atoms with van der Waals surface area (Å²) < 4.78 is 39.0. The topological polar surface area (TPSA) is 25.8 Å². The third-order valence-corrected chi connectivity index (χ3v) is 2.53. The highest BCUT2D eigenvalue weighted by Crippen LogP contribution is 2.26. The van der Waals surface area contributed by atoms with Gasteiger partial charge in [-0.1, -0.05) is 53.9 Å². The Morgan fingerprint density at radius 1 is 0.941 bits per heavy atom. The summed E-state index contributed by atoms with van der Waals surface area (Å²) in [6.45, 7) is 0. The van der Waals surface area contributed by atoms with E-state index in [4.69, 9.17) is 18.5 Å². The Balaban J connectivity index is 2.39. The number of hydrogen-bond donors (Lipinski definition) is 0. The number of halogens is 1. The lowest BCUT2D eigenvalue weighted by Crippen LogP contribution is -1.90. The Hall–Kier alpha value is -1.93. The fourth-order valence-corrected chi connectivity index (χ4v) is 1.73. The predicted octanol–water partition coefficient (Wildman–Crippen LogP) is 3.95. The summed E-state index contributed by atoms with van der Waals surface area (Å²) in [4.78, 5) is 8.50. The molecule has 0 saturated heterocycles. The number of aromatic nitrogens is 2. The summed E-state index contributed by atoms with van der Waals surface area (Å²) in [7, 11) is 0. The fraction of sp³-hybridized carbons (Fsp3) is 0. The molecule has 0 unspecified atom stereocenters. The van der Waals surface area contributed by atoms with Crippen LogP contribution in [0.25, 0.3) is 22.3 Å². The first-order valence-electron chi connectivity index (χ1n) is 7.41. The highest BCUT2D eigenvalue weighted by molar-refractivity contribution is 6.32. The quantitative estimate of drug-likeness (QED) is 0.649. The second-order valence-corrected chi connectivity index (χ2v) is 3.71. The predicted molar refractivity (Wildman–Crippen MR) is 70.0 cm³/mol. The zero-order chi connectivity index (χ0) is 16.0. The Morgan fingerprint density at radius 3 is 2.29 bits per heavy atom. The molecule has 2 aromatic carbocycles. The van der Waals surface area contributed by atoms with Gasteiger partial charge >= 0.3 is 0 Å². The maximum Gasteiger partial charge on any atom is 0.156 e. The molecule has 0 amide bonds. The number of para-hydroxylation sites is 2. The second-order valence-electron chi connectivity index (χ2n) is 3.35. The molecule has 0 fully saturated rings. The van der Waals surface area contributed by atoms with E-state index >= 15 is 0 Å². The summed E-state index contributed by atoms with van der Waals surface area (Å²) in [5.41, 5.74) is 1.14. The second kappa shape index (κ2) is 4.15. The van der Waals surface area contributed by atoms with Gasteiger partial charge in [-0.15, -0.1) is 0 Å². The average molecular weight is 246 g/mol. The number of fused-ring (bicyclic) bond motifs is 1. The van der Waals surface area contributed by atoms with Gasteiger partial charge in [0, 0.05) is 5.56 Å². The largest absolute Gasteiger partial charge is 0.243 e. The van der Waals surface area contributed by atoms with Gasteiger partial charge in [0.05, 0.1) is 17.9 Å². The molecule has 17 heavy (non-hydrogen) atoms. The van der Waals surface area contributed by atoms with Crippen molar-refractivity contribution in [1.82, 2.24) is 9.97 Å². The minimum atomic E-state index is -0.455. The average Bonchev–Trinajstić information content (AvgIpc) is 2.51. The molecule has 0 saturated carbocycles. The molecule has 0 N–H and O–H groups in total. The minimum Gasteiger partial charge on any atom is -0.243 e. The summed E-state index contributed by atoms with van der Waals surface area (Å²) in [5.74, 6) is 0. The van der Waals surface area contributed by atoms with Gasteiger partial charge in [-0.05, 0) is 12.1 Å². The van der Waals surface area contributed by atoms with E-state index < -0.39 is 18.1 Å². The van der Waals surface area contributed by atoms with E-state index in [-0.39, 0.29) is 28.5 Å². The minimum absolute atomic E-state index is 0.00256. The number of hydrogen-bond acceptors (Lipinski definition) is 2. The molecule has 3 heteroatoms. The van der Waals surface area contributed by atoms with Crippen LogP contribution in [0.15, 0.2) is 54.5 Å². The van der Waals surface area contributed by atoms with Crippen LogP contribution in [0.2, 0.25) is 5.15 Å². The molecule has 82 valence electrons. The monoisotopic (exact) mass is 245 g/mol. The van der Waals surface area contributed by atoms with Gasteiger partial charge in [-0.25, -0.2) is 9.97 Å². The van der Waals surface area contributed by atoms with Crippen molar-refractivity contribution >= 4 is 22.6 Å². The van der Waals surface area contributed by atoms with Crippen molar-refractivity contribution in [3.63, 3.8) is 0 Å². The van der Waals surface area contributed by atoms with Gasteiger partial charge in [-0.3, -0.25) is 0 Å². The van der Waals surface area contributed by atoms with Gasteiger partial charge < -0.3 is 0 Å². The van der Waals surface area contributed by atoms with Crippen LogP contribution in [0.5, 0.6) is 0 Å². The van der Waals surface area contributed by atoms with Crippen molar-refractivity contribution in [2.24, 2.45) is 0 Å². The van der Waals surface area contributed by atoms with Crippen LogP contribution in [0, 0.1) is 0 Å². The highest BCUT2D eigenvalue weighted by Gasteiger charge is 2.07. The van der Waals surface area contributed by atoms with E-state index in [0.29, 0.717) is 11.0 Å². The lowest BCUT2D eigenvalue weighted by atomic mass is 10.1. The molecule has 3 aromatic rings. The van der Waals surface area contributed by atoms with Gasteiger partial charge in [-0.2, -0.15) is 0 Å². The maximum atomic E-state index is 7.98. The molecule has 0 aliphatic heterocycles. The van der Waals surface area contributed by atoms with E-state index in [1.165, 1.54) is 0 Å². The lowest BCUT2D eigenvalue weighted by Gasteiger charge is -2.04. The van der Waals surface area contributed by atoms with E-state index in [2.05, 4.69) is 9.97 Å². The third kappa shape index (κ3) is 1.87. The van der Waals surface area contributed by atoms with E-state index in [9.17, 15) is 0 Å². The zero-order valence-electron chi connectivity index (χ0n) is 13.6. The molecule has 0 bridgehead atoms. The van der Waals surface area contributed by atoms with Crippen LogP contribution in [0.1, 0.15) is 6.85 Å². The third-order valence-electron chi connectivity index (χ3n) is 2.26. The SMILES string of the molecule is [2H]c1c([2H])c([2H])c(-c2nc3ccccc3nc2Cl)c([2H])c1[2H]. The normalized spacial score (nSPS) is 14.8. The molecular formula is C14H9ClN2. The smallest absolute Gasteiger partial charge is 0.156 e. The summed E-state index contributed by atoms with van der Waals surface area (Å²) in [6, 6.07) is 5.01. The van der Waals surface area contributed by atoms with Gasteiger partial charge in [0.1, 0.15) is 5.69 Å². The van der Waals surface area contributed by atoms with E-state index in [1.807, 2.05) is 0 Å². The van der Waals surface area contributed by atoms with Crippen LogP contribution in [-0.4, -0.2) is 9.97 Å². The number of benzene rings is 2. The zero-order valence-corrected chi connectivity index (χ0v) is 9.34. The Kier molecular flexibility index (Phi) is 1.49. The van der Waals surface area contributed by atoms with Crippen molar-refractivity contribution in [2.75, 3.05) is 0 Å². The van der Waals surface area contributed by atoms with Crippen molar-refractivity contribution in [1.29, 1.82) is 0 Å². The first kappa shape index (κ1) is 6.12. The highest BCUT2D eigenvalue weighted by atomic mass is 35.5. The van der Waals surface area contributed by atoms with Crippen molar-refractivity contribution < 1.29 is 6.85 Å². The Morgan fingerprint density at radius 2 is 1.59 bits per heavy atom. The number of nitrogens with zero attached hydrogens (tertiary/aromatic N) is 2. The summed E-state index contributed by atoms with van der Waals surface area (Å²) >= 11 is 6.12. The van der Waals surface area contributed by atoms with Crippen LogP contribution >= 0.6 is 11.6 Å². The Labute approximate surface area is 111 Å². The molecular weight excluding hydrogens is 232 g/mol. The maximum absolute atomic E-state index is 7.98. The summed E-state index contributed by atoms with van der Waals surface area (Å²) in [6.07, 6.45) is 0. The van der Waals surface area contributed by atoms with Gasteiger partial charge in [0.15, 0.2) is 5.15 Å². The molecule has 0 radical (unpaired) electrons. The van der Waals surface area contributed by atoms with E-state index in [0.717, 1.165) is 0 Å². The lowest BCUT2D eigenvalue weighted by molar-refractivity contribution is 1.29. The van der Waals surface area contributed by atoms with Crippen LogP contribution in [0.3, 0.4) is 0 Å². The first-order valence-corrected chi connectivity index (χ1v) is 5.29. The molecule has 2 nitrogen and oxygen atoms in total. The molecule has 1 aromatic heterocycles. The van der Waals surface area contributed by atoms with Crippen LogP contribution < -0.4 is 0 Å².